The van der Waals surface area contributed by atoms with E-state index in [-0.39, 0.29) is 17.5 Å². The second-order valence-electron chi connectivity index (χ2n) is 6.91. The average Bonchev–Trinajstić information content (AvgIpc) is 3.14. The number of fused-ring (bicyclic) bond motifs is 1. The van der Waals surface area contributed by atoms with Crippen molar-refractivity contribution in [1.29, 1.82) is 0 Å². The molecule has 1 aromatic carbocycles. The summed E-state index contributed by atoms with van der Waals surface area (Å²) in [5.41, 5.74) is -0.145. The van der Waals surface area contributed by atoms with Crippen LogP contribution in [0.15, 0.2) is 54.9 Å². The summed E-state index contributed by atoms with van der Waals surface area (Å²) in [6, 6.07) is 12.6. The maximum Gasteiger partial charge on any atom is 0.434 e. The average molecular weight is 374 g/mol. The van der Waals surface area contributed by atoms with Crippen LogP contribution < -0.4 is 0 Å². The van der Waals surface area contributed by atoms with Gasteiger partial charge in [-0.3, -0.25) is 4.79 Å². The molecular weight excluding hydrogens is 357 g/mol. The molecule has 0 radical (unpaired) electrons. The van der Waals surface area contributed by atoms with E-state index in [0.29, 0.717) is 12.0 Å². The number of aliphatic carboxylic acids is 1. The number of carboxylic acid groups (broad SMARTS) is 1. The van der Waals surface area contributed by atoms with Crippen molar-refractivity contribution in [2.45, 2.75) is 31.4 Å². The topological polar surface area (TPSA) is 54.6 Å². The van der Waals surface area contributed by atoms with E-state index >= 15 is 0 Å². The summed E-state index contributed by atoms with van der Waals surface area (Å²) < 4.78 is 40.0. The van der Waals surface area contributed by atoms with E-state index in [1.807, 2.05) is 37.3 Å². The van der Waals surface area contributed by atoms with Crippen LogP contribution in [0.25, 0.3) is 5.65 Å². The first-order valence-corrected chi connectivity index (χ1v) is 8.63. The lowest BCUT2D eigenvalue weighted by molar-refractivity contribution is -0.144. The lowest BCUT2D eigenvalue weighted by Gasteiger charge is -2.10. The van der Waals surface area contributed by atoms with E-state index in [1.54, 1.807) is 12.1 Å². The number of aromatic nitrogens is 2. The number of benzene rings is 1. The molecule has 27 heavy (non-hydrogen) atoms. The van der Waals surface area contributed by atoms with Crippen molar-refractivity contribution in [3.05, 3.63) is 71.7 Å². The highest BCUT2D eigenvalue weighted by atomic mass is 19.4. The van der Waals surface area contributed by atoms with Crippen LogP contribution in [0.1, 0.15) is 42.0 Å². The molecule has 4 nitrogen and oxygen atoms in total. The quantitative estimate of drug-likeness (QED) is 0.719. The Morgan fingerprint density at radius 1 is 1.19 bits per heavy atom. The first-order chi connectivity index (χ1) is 12.8. The van der Waals surface area contributed by atoms with Crippen molar-refractivity contribution in [2.24, 2.45) is 5.41 Å². The fraction of sp³-hybridized carbons (Fsp3) is 0.300. The van der Waals surface area contributed by atoms with Crippen molar-refractivity contribution < 1.29 is 23.1 Å². The maximum absolute atomic E-state index is 12.9. The van der Waals surface area contributed by atoms with E-state index in [1.165, 1.54) is 10.6 Å². The number of rotatable bonds is 4. The molecule has 3 atom stereocenters. The van der Waals surface area contributed by atoms with Crippen molar-refractivity contribution in [1.82, 2.24) is 9.38 Å². The zero-order valence-corrected chi connectivity index (χ0v) is 14.4. The predicted octanol–water partition coefficient (Wildman–Crippen LogP) is 4.72. The molecule has 7 heteroatoms. The molecule has 0 saturated heterocycles. The van der Waals surface area contributed by atoms with Gasteiger partial charge in [0, 0.05) is 24.2 Å². The van der Waals surface area contributed by atoms with Gasteiger partial charge in [0.25, 0.3) is 0 Å². The number of carbonyl (C=O) groups is 1. The van der Waals surface area contributed by atoms with Crippen LogP contribution in [0.2, 0.25) is 0 Å². The Morgan fingerprint density at radius 2 is 1.85 bits per heavy atom. The zero-order chi connectivity index (χ0) is 19.4. The van der Waals surface area contributed by atoms with E-state index in [0.717, 1.165) is 11.8 Å². The van der Waals surface area contributed by atoms with Gasteiger partial charge < -0.3 is 9.51 Å². The number of carboxylic acids is 1. The molecule has 1 aliphatic carbocycles. The van der Waals surface area contributed by atoms with Gasteiger partial charge in [-0.05, 0) is 29.7 Å². The Morgan fingerprint density at radius 3 is 2.44 bits per heavy atom. The monoisotopic (exact) mass is 374 g/mol. The van der Waals surface area contributed by atoms with E-state index < -0.39 is 23.3 Å². The zero-order valence-electron chi connectivity index (χ0n) is 14.4. The van der Waals surface area contributed by atoms with Gasteiger partial charge in [-0.1, -0.05) is 37.3 Å². The molecule has 140 valence electrons. The normalized spacial score (nSPS) is 24.9. The molecule has 2 aromatic heterocycles. The number of nitrogens with zero attached hydrogens (tertiary/aromatic N) is 2. The largest absolute Gasteiger partial charge is 0.481 e. The number of imidazole rings is 1. The maximum atomic E-state index is 12.9. The molecule has 4 rings (SSSR count). The molecule has 1 saturated carbocycles. The molecule has 0 amide bonds. The Hall–Kier alpha value is -2.83. The molecular formula is C20H17F3N2O2. The summed E-state index contributed by atoms with van der Waals surface area (Å²) in [6.45, 7) is 1.83. The third-order valence-corrected chi connectivity index (χ3v) is 5.61. The minimum Gasteiger partial charge on any atom is -0.481 e. The van der Waals surface area contributed by atoms with E-state index in [2.05, 4.69) is 4.98 Å². The molecule has 1 N–H and O–H groups in total. The first-order valence-electron chi connectivity index (χ1n) is 8.63. The van der Waals surface area contributed by atoms with Crippen molar-refractivity contribution in [3.8, 4) is 0 Å². The third kappa shape index (κ3) is 2.60. The number of hydrogen-bond acceptors (Lipinski definition) is 2. The molecule has 1 fully saturated rings. The highest BCUT2D eigenvalue weighted by molar-refractivity contribution is 5.84. The summed E-state index contributed by atoms with van der Waals surface area (Å²) in [5.74, 6) is -1.41. The van der Waals surface area contributed by atoms with Gasteiger partial charge >= 0.3 is 12.1 Å². The number of alkyl halides is 3. The highest BCUT2D eigenvalue weighted by Gasteiger charge is 2.69. The summed E-state index contributed by atoms with van der Waals surface area (Å²) in [5, 5.41) is 9.92. The Bertz CT molecular complexity index is 1010. The van der Waals surface area contributed by atoms with Crippen molar-refractivity contribution in [2.75, 3.05) is 0 Å². The van der Waals surface area contributed by atoms with Gasteiger partial charge in [0.05, 0.1) is 5.41 Å². The molecule has 1 aliphatic rings. The lowest BCUT2D eigenvalue weighted by Crippen LogP contribution is -2.17. The van der Waals surface area contributed by atoms with Crippen molar-refractivity contribution >= 4 is 11.6 Å². The van der Waals surface area contributed by atoms with Crippen LogP contribution in [-0.2, 0) is 11.0 Å². The molecule has 0 spiro atoms. The molecule has 3 unspecified atom stereocenters. The second-order valence-corrected chi connectivity index (χ2v) is 6.91. The number of pyridine rings is 1. The Labute approximate surface area is 153 Å². The first kappa shape index (κ1) is 17.6. The summed E-state index contributed by atoms with van der Waals surface area (Å²) in [4.78, 5) is 15.8. The minimum absolute atomic E-state index is 0.161. The minimum atomic E-state index is -4.52. The molecule has 2 heterocycles. The molecule has 0 bridgehead atoms. The van der Waals surface area contributed by atoms with Gasteiger partial charge in [0.15, 0.2) is 5.69 Å². The van der Waals surface area contributed by atoms with Crippen LogP contribution in [-0.4, -0.2) is 20.5 Å². The van der Waals surface area contributed by atoms with Crippen LogP contribution >= 0.6 is 0 Å². The van der Waals surface area contributed by atoms with Crippen LogP contribution in [0, 0.1) is 5.41 Å². The third-order valence-electron chi connectivity index (χ3n) is 5.61. The van der Waals surface area contributed by atoms with Gasteiger partial charge in [0.2, 0.25) is 0 Å². The van der Waals surface area contributed by atoms with Crippen molar-refractivity contribution in [3.63, 3.8) is 0 Å². The van der Waals surface area contributed by atoms with Gasteiger partial charge in [0.1, 0.15) is 5.65 Å². The molecule has 3 aromatic rings. The Balaban J connectivity index is 1.80. The van der Waals surface area contributed by atoms with E-state index in [4.69, 9.17) is 0 Å². The SMILES string of the molecule is CCC1(C(=O)O)C(c2ccccc2)C1c1ccn2cc(C(F)(F)F)nc2c1. The Kier molecular flexibility index (Phi) is 3.80. The number of halogens is 3. The van der Waals surface area contributed by atoms with Gasteiger partial charge in [-0.2, -0.15) is 13.2 Å². The number of hydrogen-bond donors (Lipinski definition) is 1. The summed E-state index contributed by atoms with van der Waals surface area (Å²) in [7, 11) is 0. The molecule has 0 aliphatic heterocycles. The highest BCUT2D eigenvalue weighted by Crippen LogP contribution is 2.72. The van der Waals surface area contributed by atoms with Crippen LogP contribution in [0.3, 0.4) is 0 Å². The van der Waals surface area contributed by atoms with Gasteiger partial charge in [-0.15, -0.1) is 0 Å². The lowest BCUT2D eigenvalue weighted by atomic mass is 9.95. The van der Waals surface area contributed by atoms with E-state index in [9.17, 15) is 23.1 Å². The fourth-order valence-electron chi connectivity index (χ4n) is 4.26. The smallest absolute Gasteiger partial charge is 0.434 e. The van der Waals surface area contributed by atoms with Gasteiger partial charge in [-0.25, -0.2) is 4.98 Å². The fourth-order valence-corrected chi connectivity index (χ4v) is 4.26. The van der Waals surface area contributed by atoms with Crippen LogP contribution in [0.5, 0.6) is 0 Å². The predicted molar refractivity (Wildman–Crippen MR) is 92.5 cm³/mol. The standard InChI is InChI=1S/C20H17F3N2O2/c1-2-19(18(26)27)16(12-6-4-3-5-7-12)17(19)13-8-9-25-11-14(20(21,22)23)24-15(25)10-13/h3-11,16-17H,2H2,1H3,(H,26,27). The summed E-state index contributed by atoms with van der Waals surface area (Å²) in [6.07, 6.45) is -1.65. The summed E-state index contributed by atoms with van der Waals surface area (Å²) >= 11 is 0. The van der Waals surface area contributed by atoms with Crippen LogP contribution in [0.4, 0.5) is 13.2 Å². The second kappa shape index (κ2) is 5.84.